The molecule has 0 saturated carbocycles. The van der Waals surface area contributed by atoms with Crippen LogP contribution in [-0.2, 0) is 9.59 Å². The third kappa shape index (κ3) is 3.49. The summed E-state index contributed by atoms with van der Waals surface area (Å²) < 4.78 is 0. The number of nitrogens with zero attached hydrogens (tertiary/aromatic N) is 1. The molecule has 1 amide bonds. The average Bonchev–Trinajstić information content (AvgIpc) is 2.61. The van der Waals surface area contributed by atoms with Crippen LogP contribution in [0.1, 0.15) is 33.6 Å². The van der Waals surface area contributed by atoms with E-state index >= 15 is 0 Å². The van der Waals surface area contributed by atoms with E-state index in [2.05, 4.69) is 0 Å². The maximum atomic E-state index is 12.0. The maximum Gasteiger partial charge on any atom is 0.327 e. The molecule has 1 aliphatic rings. The van der Waals surface area contributed by atoms with Gasteiger partial charge in [0.1, 0.15) is 6.04 Å². The first-order chi connectivity index (χ1) is 7.97. The molecule has 5 heteroatoms. The third-order valence-electron chi connectivity index (χ3n) is 2.58. The normalized spacial score (nSPS) is 23.6. The van der Waals surface area contributed by atoms with Gasteiger partial charge in [0, 0.05) is 11.8 Å². The van der Waals surface area contributed by atoms with Crippen LogP contribution in [0.2, 0.25) is 0 Å². The quantitative estimate of drug-likeness (QED) is 0.784. The summed E-state index contributed by atoms with van der Waals surface area (Å²) in [6, 6.07) is -0.681. The second-order valence-electron chi connectivity index (χ2n) is 4.40. The summed E-state index contributed by atoms with van der Waals surface area (Å²) in [6.45, 7) is 5.72. The van der Waals surface area contributed by atoms with E-state index in [1.165, 1.54) is 11.0 Å². The Morgan fingerprint density at radius 3 is 2.59 bits per heavy atom. The van der Waals surface area contributed by atoms with Gasteiger partial charge in [-0.05, 0) is 20.3 Å². The standard InChI is InChI=1S/C12H19NO3S/c1-4-5-11-13(10(14)6-8(2)3)9(7-17-11)12(15)16/h6,9,11H,4-5,7H2,1-3H3,(H,15,16)/t9-,11+/m0/s1. The van der Waals surface area contributed by atoms with Gasteiger partial charge in [-0.2, -0.15) is 0 Å². The topological polar surface area (TPSA) is 57.6 Å². The minimum absolute atomic E-state index is 0.00389. The second kappa shape index (κ2) is 6.10. The lowest BCUT2D eigenvalue weighted by atomic mass is 10.2. The Labute approximate surface area is 106 Å². The average molecular weight is 257 g/mol. The molecule has 4 nitrogen and oxygen atoms in total. The van der Waals surface area contributed by atoms with Crippen molar-refractivity contribution in [2.75, 3.05) is 5.75 Å². The summed E-state index contributed by atoms with van der Waals surface area (Å²) in [6.07, 6.45) is 3.31. The van der Waals surface area contributed by atoms with Crippen LogP contribution >= 0.6 is 11.8 Å². The van der Waals surface area contributed by atoms with Crippen LogP contribution in [0.15, 0.2) is 11.6 Å². The summed E-state index contributed by atoms with van der Waals surface area (Å²) in [5.41, 5.74) is 0.895. The van der Waals surface area contributed by atoms with E-state index in [1.807, 2.05) is 20.8 Å². The van der Waals surface area contributed by atoms with Gasteiger partial charge in [0.25, 0.3) is 0 Å². The van der Waals surface area contributed by atoms with Crippen LogP contribution in [0.3, 0.4) is 0 Å². The van der Waals surface area contributed by atoms with E-state index < -0.39 is 12.0 Å². The van der Waals surface area contributed by atoms with Gasteiger partial charge in [0.05, 0.1) is 5.37 Å². The Kier molecular flexibility index (Phi) is 5.05. The van der Waals surface area contributed by atoms with Crippen molar-refractivity contribution in [2.24, 2.45) is 0 Å². The Hall–Kier alpha value is -0.970. The third-order valence-corrected chi connectivity index (χ3v) is 3.94. The number of hydrogen-bond acceptors (Lipinski definition) is 3. The molecule has 1 saturated heterocycles. The fourth-order valence-corrected chi connectivity index (χ4v) is 3.36. The zero-order valence-corrected chi connectivity index (χ0v) is 11.3. The smallest absolute Gasteiger partial charge is 0.327 e. The summed E-state index contributed by atoms with van der Waals surface area (Å²) in [5, 5.41) is 9.13. The van der Waals surface area contributed by atoms with Crippen molar-refractivity contribution in [1.82, 2.24) is 4.90 Å². The molecule has 0 bridgehead atoms. The number of allylic oxidation sites excluding steroid dienone is 1. The number of aliphatic carboxylic acids is 1. The van der Waals surface area contributed by atoms with Gasteiger partial charge in [-0.25, -0.2) is 4.79 Å². The first-order valence-corrected chi connectivity index (χ1v) is 6.83. The maximum absolute atomic E-state index is 12.0. The van der Waals surface area contributed by atoms with Gasteiger partial charge in [-0.1, -0.05) is 18.9 Å². The molecule has 1 heterocycles. The molecule has 0 aliphatic carbocycles. The van der Waals surface area contributed by atoms with E-state index in [-0.39, 0.29) is 11.3 Å². The highest BCUT2D eigenvalue weighted by atomic mass is 32.2. The molecular weight excluding hydrogens is 238 g/mol. The molecule has 2 atom stereocenters. The van der Waals surface area contributed by atoms with E-state index in [9.17, 15) is 9.59 Å². The van der Waals surface area contributed by atoms with Crippen LogP contribution < -0.4 is 0 Å². The lowest BCUT2D eigenvalue weighted by Gasteiger charge is -2.26. The van der Waals surface area contributed by atoms with Gasteiger partial charge >= 0.3 is 5.97 Å². The molecule has 0 spiro atoms. The SMILES string of the molecule is CCC[C@H]1SC[C@@H](C(=O)O)N1C(=O)C=C(C)C. The predicted octanol–water partition coefficient (Wildman–Crippen LogP) is 2.11. The number of carboxylic acid groups (broad SMARTS) is 1. The highest BCUT2D eigenvalue weighted by molar-refractivity contribution is 8.00. The van der Waals surface area contributed by atoms with Crippen LogP contribution in [0.4, 0.5) is 0 Å². The molecule has 1 fully saturated rings. The Bertz CT molecular complexity index is 337. The van der Waals surface area contributed by atoms with E-state index in [1.54, 1.807) is 11.8 Å². The Balaban J connectivity index is 2.89. The van der Waals surface area contributed by atoms with E-state index in [0.29, 0.717) is 5.75 Å². The predicted molar refractivity (Wildman–Crippen MR) is 68.9 cm³/mol. The summed E-state index contributed by atoms with van der Waals surface area (Å²) >= 11 is 1.56. The van der Waals surface area contributed by atoms with Crippen LogP contribution in [0, 0.1) is 0 Å². The number of amides is 1. The Morgan fingerprint density at radius 2 is 2.12 bits per heavy atom. The van der Waals surface area contributed by atoms with Crippen LogP contribution in [0.5, 0.6) is 0 Å². The van der Waals surface area contributed by atoms with Crippen molar-refractivity contribution in [3.63, 3.8) is 0 Å². The fourth-order valence-electron chi connectivity index (χ4n) is 1.84. The highest BCUT2D eigenvalue weighted by Crippen LogP contribution is 2.32. The van der Waals surface area contributed by atoms with Gasteiger partial charge in [0.2, 0.25) is 5.91 Å². The zero-order chi connectivity index (χ0) is 13.0. The number of carbonyl (C=O) groups is 2. The molecule has 0 radical (unpaired) electrons. The number of carbonyl (C=O) groups excluding carboxylic acids is 1. The molecule has 0 aromatic rings. The van der Waals surface area contributed by atoms with Gasteiger partial charge in [-0.3, -0.25) is 4.79 Å². The summed E-state index contributed by atoms with van der Waals surface area (Å²) in [4.78, 5) is 24.7. The van der Waals surface area contributed by atoms with Crippen molar-refractivity contribution in [1.29, 1.82) is 0 Å². The van der Waals surface area contributed by atoms with E-state index in [0.717, 1.165) is 18.4 Å². The minimum Gasteiger partial charge on any atom is -0.480 e. The molecule has 1 N–H and O–H groups in total. The van der Waals surface area contributed by atoms with Crippen LogP contribution in [-0.4, -0.2) is 39.1 Å². The first-order valence-electron chi connectivity index (χ1n) is 5.79. The van der Waals surface area contributed by atoms with Crippen LogP contribution in [0.25, 0.3) is 0 Å². The number of carboxylic acids is 1. The largest absolute Gasteiger partial charge is 0.480 e. The lowest BCUT2D eigenvalue weighted by molar-refractivity contribution is -0.147. The van der Waals surface area contributed by atoms with Gasteiger partial charge in [0.15, 0.2) is 0 Å². The molecule has 0 unspecified atom stereocenters. The molecule has 1 aliphatic heterocycles. The first kappa shape index (κ1) is 14.1. The van der Waals surface area contributed by atoms with Crippen molar-refractivity contribution < 1.29 is 14.7 Å². The van der Waals surface area contributed by atoms with Crippen molar-refractivity contribution in [3.8, 4) is 0 Å². The minimum atomic E-state index is -0.911. The Morgan fingerprint density at radius 1 is 1.47 bits per heavy atom. The van der Waals surface area contributed by atoms with Crippen molar-refractivity contribution in [2.45, 2.75) is 45.0 Å². The molecule has 0 aromatic carbocycles. The number of rotatable bonds is 4. The van der Waals surface area contributed by atoms with Crippen molar-refractivity contribution >= 4 is 23.6 Å². The molecular formula is C12H19NO3S. The summed E-state index contributed by atoms with van der Waals surface area (Å²) in [5.74, 6) is -0.602. The molecule has 96 valence electrons. The number of thioether (sulfide) groups is 1. The highest BCUT2D eigenvalue weighted by Gasteiger charge is 2.40. The second-order valence-corrected chi connectivity index (χ2v) is 5.61. The summed E-state index contributed by atoms with van der Waals surface area (Å²) in [7, 11) is 0. The van der Waals surface area contributed by atoms with Crippen molar-refractivity contribution in [3.05, 3.63) is 11.6 Å². The molecule has 1 rings (SSSR count). The number of hydrogen-bond donors (Lipinski definition) is 1. The van der Waals surface area contributed by atoms with E-state index in [4.69, 9.17) is 5.11 Å². The lowest BCUT2D eigenvalue weighted by Crippen LogP contribution is -2.44. The zero-order valence-electron chi connectivity index (χ0n) is 10.5. The fraction of sp³-hybridized carbons (Fsp3) is 0.667. The molecule has 0 aromatic heterocycles. The van der Waals surface area contributed by atoms with Gasteiger partial charge in [-0.15, -0.1) is 11.8 Å². The van der Waals surface area contributed by atoms with Gasteiger partial charge < -0.3 is 10.0 Å². The monoisotopic (exact) mass is 257 g/mol. The molecule has 17 heavy (non-hydrogen) atoms.